The van der Waals surface area contributed by atoms with Crippen LogP contribution in [-0.4, -0.2) is 34.5 Å². The summed E-state index contributed by atoms with van der Waals surface area (Å²) in [5.74, 6) is 4.11. The molecule has 1 N–H and O–H groups in total. The van der Waals surface area contributed by atoms with E-state index in [1.807, 2.05) is 0 Å². The van der Waals surface area contributed by atoms with Crippen molar-refractivity contribution in [2.24, 2.45) is 46.3 Å². The number of hydrogen-bond acceptors (Lipinski definition) is 2. The Morgan fingerprint density at radius 3 is 2.63 bits per heavy atom. The molecule has 0 aromatic carbocycles. The van der Waals surface area contributed by atoms with Gasteiger partial charge < -0.3 is 15.0 Å². The number of nitrogens with zero attached hydrogens (tertiary/aromatic N) is 1. The van der Waals surface area contributed by atoms with E-state index in [0.29, 0.717) is 40.7 Å². The maximum absolute atomic E-state index is 14.4. The second-order valence-corrected chi connectivity index (χ2v) is 13.2. The first-order chi connectivity index (χ1) is 14.2. The van der Waals surface area contributed by atoms with E-state index in [9.17, 15) is 10.3 Å². The van der Waals surface area contributed by atoms with Crippen molar-refractivity contribution < 1.29 is 9.75 Å². The zero-order chi connectivity index (χ0) is 21.1. The Hall–Kier alpha value is -0.380. The van der Waals surface area contributed by atoms with Crippen LogP contribution in [0.2, 0.25) is 0 Å². The first-order valence-electron chi connectivity index (χ1n) is 13.1. The van der Waals surface area contributed by atoms with Crippen molar-refractivity contribution in [1.82, 2.24) is 0 Å². The van der Waals surface area contributed by atoms with Gasteiger partial charge in [-0.05, 0) is 73.5 Å². The molecule has 3 heteroatoms. The summed E-state index contributed by atoms with van der Waals surface area (Å²) in [5.41, 5.74) is 2.24. The maximum Gasteiger partial charge on any atom is 0.0931 e. The minimum Gasteiger partial charge on any atom is -0.632 e. The summed E-state index contributed by atoms with van der Waals surface area (Å²) in [6, 6.07) is 0.745. The van der Waals surface area contributed by atoms with Gasteiger partial charge in [0.25, 0.3) is 0 Å². The van der Waals surface area contributed by atoms with Crippen LogP contribution in [0.15, 0.2) is 11.6 Å². The molecule has 0 aromatic heterocycles. The smallest absolute Gasteiger partial charge is 0.0931 e. The van der Waals surface area contributed by atoms with Gasteiger partial charge in [0.2, 0.25) is 0 Å². The first-order valence-corrected chi connectivity index (χ1v) is 13.1. The third-order valence-electron chi connectivity index (χ3n) is 12.0. The van der Waals surface area contributed by atoms with Crippen molar-refractivity contribution in [2.75, 3.05) is 6.54 Å². The van der Waals surface area contributed by atoms with Crippen LogP contribution in [0.5, 0.6) is 0 Å². The Morgan fingerprint density at radius 2 is 1.83 bits per heavy atom. The van der Waals surface area contributed by atoms with Crippen molar-refractivity contribution in [1.29, 1.82) is 0 Å². The van der Waals surface area contributed by atoms with E-state index in [4.69, 9.17) is 0 Å². The Kier molecular flexibility index (Phi) is 4.29. The first kappa shape index (κ1) is 20.2. The highest BCUT2D eigenvalue weighted by molar-refractivity contribution is 5.26. The molecule has 0 aromatic rings. The van der Waals surface area contributed by atoms with E-state index in [0.717, 1.165) is 50.0 Å². The van der Waals surface area contributed by atoms with E-state index in [2.05, 4.69) is 33.8 Å². The SMILES string of the molecule is C[C@H]1CC[C@@H]2[C@@H](C)[C@H]3[C@H](C[C@H]4[C@@H]5CC=C6C[C@@H](O)CC[C@]6(C)[C@H]5CC[C@]34C)[N@@+]2([O-])C1. The van der Waals surface area contributed by atoms with Gasteiger partial charge in [-0.2, -0.15) is 0 Å². The molecule has 0 amide bonds. The minimum atomic E-state index is -0.121. The van der Waals surface area contributed by atoms with Gasteiger partial charge in [-0.25, -0.2) is 0 Å². The quantitative estimate of drug-likeness (QED) is 0.316. The van der Waals surface area contributed by atoms with Crippen molar-refractivity contribution >= 4 is 0 Å². The lowest BCUT2D eigenvalue weighted by atomic mass is 9.47. The molecule has 2 saturated heterocycles. The fourth-order valence-corrected chi connectivity index (χ4v) is 10.8. The molecule has 30 heavy (non-hydrogen) atoms. The van der Waals surface area contributed by atoms with E-state index < -0.39 is 0 Å². The van der Waals surface area contributed by atoms with E-state index in [1.165, 1.54) is 32.1 Å². The van der Waals surface area contributed by atoms with Gasteiger partial charge >= 0.3 is 0 Å². The summed E-state index contributed by atoms with van der Waals surface area (Å²) in [5, 5.41) is 24.7. The topological polar surface area (TPSA) is 43.3 Å². The van der Waals surface area contributed by atoms with Crippen molar-refractivity contribution in [3.8, 4) is 0 Å². The molecule has 6 aliphatic rings. The number of aliphatic hydroxyl groups is 1. The fourth-order valence-electron chi connectivity index (χ4n) is 10.8. The number of aliphatic hydroxyl groups excluding tert-OH is 1. The Labute approximate surface area is 183 Å². The Bertz CT molecular complexity index is 764. The lowest BCUT2D eigenvalue weighted by Crippen LogP contribution is -2.57. The predicted molar refractivity (Wildman–Crippen MR) is 120 cm³/mol. The third kappa shape index (κ3) is 2.38. The van der Waals surface area contributed by atoms with Crippen molar-refractivity contribution in [2.45, 2.75) is 104 Å². The highest BCUT2D eigenvalue weighted by Crippen LogP contribution is 2.71. The fraction of sp³-hybridized carbons (Fsp3) is 0.926. The molecule has 3 nitrogen and oxygen atoms in total. The maximum atomic E-state index is 14.4. The number of rotatable bonds is 0. The van der Waals surface area contributed by atoms with Crippen LogP contribution in [0.25, 0.3) is 0 Å². The molecule has 2 aliphatic heterocycles. The molecule has 3 saturated carbocycles. The molecule has 2 heterocycles. The van der Waals surface area contributed by atoms with Gasteiger partial charge in [0.05, 0.1) is 24.7 Å². The Morgan fingerprint density at radius 1 is 1.03 bits per heavy atom. The lowest BCUT2D eigenvalue weighted by Gasteiger charge is -2.58. The van der Waals surface area contributed by atoms with Gasteiger partial charge in [0, 0.05) is 30.6 Å². The summed E-state index contributed by atoms with van der Waals surface area (Å²) in [4.78, 5) is 0. The second kappa shape index (κ2) is 6.35. The van der Waals surface area contributed by atoms with Crippen LogP contribution >= 0.6 is 0 Å². The Balaban J connectivity index is 1.35. The number of fused-ring (bicyclic) bond motifs is 9. The van der Waals surface area contributed by atoms with Crippen molar-refractivity contribution in [3.05, 3.63) is 16.9 Å². The minimum absolute atomic E-state index is 0.121. The number of allylic oxidation sites excluding steroid dienone is 1. The van der Waals surface area contributed by atoms with Crippen molar-refractivity contribution in [3.63, 3.8) is 0 Å². The average Bonchev–Trinajstić information content (AvgIpc) is 3.12. The third-order valence-corrected chi connectivity index (χ3v) is 12.0. The summed E-state index contributed by atoms with van der Waals surface area (Å²) < 4.78 is 0.168. The highest BCUT2D eigenvalue weighted by atomic mass is 16.6. The van der Waals surface area contributed by atoms with E-state index in [-0.39, 0.29) is 10.8 Å². The zero-order valence-corrected chi connectivity index (χ0v) is 19.6. The molecule has 5 fully saturated rings. The summed E-state index contributed by atoms with van der Waals surface area (Å²) in [6.07, 6.45) is 13.0. The molecule has 0 unspecified atom stereocenters. The molecular formula is C27H43NO2. The van der Waals surface area contributed by atoms with Crippen LogP contribution < -0.4 is 0 Å². The van der Waals surface area contributed by atoms with Crippen LogP contribution in [0.4, 0.5) is 0 Å². The lowest BCUT2D eigenvalue weighted by molar-refractivity contribution is -0.926. The van der Waals surface area contributed by atoms with Gasteiger partial charge in [0.15, 0.2) is 0 Å². The summed E-state index contributed by atoms with van der Waals surface area (Å²) >= 11 is 0. The van der Waals surface area contributed by atoms with Gasteiger partial charge in [-0.15, -0.1) is 0 Å². The van der Waals surface area contributed by atoms with Gasteiger partial charge in [-0.1, -0.05) is 39.3 Å². The highest BCUT2D eigenvalue weighted by Gasteiger charge is 2.70. The number of hydrogen-bond donors (Lipinski definition) is 1. The monoisotopic (exact) mass is 413 g/mol. The summed E-state index contributed by atoms with van der Waals surface area (Å²) in [7, 11) is 0. The largest absolute Gasteiger partial charge is 0.632 e. The van der Waals surface area contributed by atoms with Crippen LogP contribution in [-0.2, 0) is 0 Å². The molecule has 0 radical (unpaired) electrons. The van der Waals surface area contributed by atoms with E-state index in [1.54, 1.807) is 5.57 Å². The molecular weight excluding hydrogens is 370 g/mol. The normalized spacial score (nSPS) is 61.9. The van der Waals surface area contributed by atoms with E-state index >= 15 is 0 Å². The van der Waals surface area contributed by atoms with Crippen LogP contribution in [0.3, 0.4) is 0 Å². The van der Waals surface area contributed by atoms with Crippen LogP contribution in [0.1, 0.15) is 85.5 Å². The number of piperidine rings is 1. The standard InChI is InChI=1S/C27H43NO2/c1-16-5-8-23-17(2)25-24(28(23,30)15-16)14-22-20-7-6-18-13-19(29)9-11-26(18,3)21(20)10-12-27(22,25)4/h6,16-17,19-25,29H,5,7-15H2,1-4H3/t16-,17+,19-,20+,21-,22-,23+,24-,25-,26-,27-,28+/m0/s1. The van der Waals surface area contributed by atoms with Gasteiger partial charge in [0.1, 0.15) is 0 Å². The molecule has 0 spiro atoms. The molecule has 168 valence electrons. The summed E-state index contributed by atoms with van der Waals surface area (Å²) in [6.45, 7) is 10.8. The molecule has 6 rings (SSSR count). The predicted octanol–water partition coefficient (Wildman–Crippen LogP) is 5.67. The molecule has 0 bridgehead atoms. The molecule has 12 atom stereocenters. The number of quaternary nitrogens is 1. The molecule has 4 aliphatic carbocycles. The van der Waals surface area contributed by atoms with Gasteiger partial charge in [-0.3, -0.25) is 0 Å². The van der Waals surface area contributed by atoms with Crippen LogP contribution in [0, 0.1) is 51.5 Å². The number of hydroxylamine groups is 3. The zero-order valence-electron chi connectivity index (χ0n) is 19.6. The average molecular weight is 414 g/mol. The second-order valence-electron chi connectivity index (χ2n) is 13.2.